The van der Waals surface area contributed by atoms with E-state index in [1.807, 2.05) is 6.07 Å². The van der Waals surface area contributed by atoms with Crippen LogP contribution in [0.25, 0.3) is 0 Å². The molecular formula is C13H13N2O3+. The van der Waals surface area contributed by atoms with Gasteiger partial charge in [-0.25, -0.2) is 0 Å². The average Bonchev–Trinajstić information content (AvgIpc) is 2.35. The molecule has 1 aromatic carbocycles. The van der Waals surface area contributed by atoms with Crippen molar-refractivity contribution in [3.8, 4) is 5.75 Å². The number of amides is 1. The minimum absolute atomic E-state index is 0.0773. The van der Waals surface area contributed by atoms with E-state index >= 15 is 0 Å². The molecule has 5 nitrogen and oxygen atoms in total. The monoisotopic (exact) mass is 245 g/mol. The standard InChI is InChI=1S/C13H12N2O3/c1-15-8-10(11(16)7-12(15)17)13(18)14-9-5-3-2-4-6-9/h2-8,16H,1H3,(H,14,18)/p+1. The number of benzene rings is 1. The first kappa shape index (κ1) is 11.9. The minimum atomic E-state index is -0.401. The van der Waals surface area contributed by atoms with Crippen molar-refractivity contribution in [1.82, 2.24) is 4.57 Å². The number of carbonyl (C=O) groups excluding carboxylic acids is 1. The number of nitrogens with one attached hydrogen (secondary N) is 1. The maximum absolute atomic E-state index is 12.0. The molecule has 2 rings (SSSR count). The molecule has 0 aliphatic heterocycles. The Morgan fingerprint density at radius 3 is 2.61 bits per heavy atom. The van der Waals surface area contributed by atoms with E-state index in [9.17, 15) is 9.59 Å². The first-order chi connectivity index (χ1) is 8.58. The van der Waals surface area contributed by atoms with Crippen LogP contribution in [-0.2, 0) is 7.05 Å². The van der Waals surface area contributed by atoms with Gasteiger partial charge in [-0.2, -0.15) is 0 Å². The first-order valence-corrected chi connectivity index (χ1v) is 5.36. The molecule has 18 heavy (non-hydrogen) atoms. The van der Waals surface area contributed by atoms with Crippen LogP contribution in [0.1, 0.15) is 10.4 Å². The molecule has 0 fully saturated rings. The smallest absolute Gasteiger partial charge is 0.274 e. The van der Waals surface area contributed by atoms with Gasteiger partial charge in [0.15, 0.2) is 5.56 Å². The van der Waals surface area contributed by atoms with E-state index in [2.05, 4.69) is 5.32 Å². The van der Waals surface area contributed by atoms with E-state index in [1.54, 1.807) is 31.3 Å². The van der Waals surface area contributed by atoms with Crippen LogP contribution in [0.2, 0.25) is 0 Å². The summed E-state index contributed by atoms with van der Waals surface area (Å²) in [5, 5.41) is 10.3. The van der Waals surface area contributed by atoms with Crippen molar-refractivity contribution >= 4 is 11.6 Å². The second kappa shape index (κ2) is 4.75. The van der Waals surface area contributed by atoms with Crippen LogP contribution >= 0.6 is 0 Å². The summed E-state index contributed by atoms with van der Waals surface area (Å²) in [5.74, 6) is -0.478. The Morgan fingerprint density at radius 1 is 1.28 bits per heavy atom. The Labute approximate surface area is 103 Å². The lowest BCUT2D eigenvalue weighted by Gasteiger charge is -2.06. The largest absolute Gasteiger partial charge is 0.593 e. The number of anilines is 1. The van der Waals surface area contributed by atoms with Crippen LogP contribution in [0.15, 0.2) is 47.4 Å². The highest BCUT2D eigenvalue weighted by Crippen LogP contribution is 2.15. The Hall–Kier alpha value is -2.56. The molecule has 2 aromatic rings. The van der Waals surface area contributed by atoms with Crippen molar-refractivity contribution in [3.63, 3.8) is 0 Å². The molecular weight excluding hydrogens is 232 g/mol. The SMILES string of the molecule is Cn1cc(C(=O)Nc2ccccc2)c([OH2+])cc1=O. The highest BCUT2D eigenvalue weighted by molar-refractivity contribution is 6.05. The molecule has 1 aromatic heterocycles. The van der Waals surface area contributed by atoms with E-state index in [-0.39, 0.29) is 16.9 Å². The maximum Gasteiger partial charge on any atom is 0.274 e. The van der Waals surface area contributed by atoms with Crippen molar-refractivity contribution in [2.75, 3.05) is 5.32 Å². The van der Waals surface area contributed by atoms with Gasteiger partial charge in [0.2, 0.25) is 0 Å². The summed E-state index contributed by atoms with van der Waals surface area (Å²) in [5.41, 5.74) is 0.507. The van der Waals surface area contributed by atoms with E-state index < -0.39 is 5.91 Å². The van der Waals surface area contributed by atoms with Crippen molar-refractivity contribution in [3.05, 3.63) is 58.5 Å². The van der Waals surface area contributed by atoms with Gasteiger partial charge >= 0.3 is 0 Å². The number of pyridine rings is 1. The van der Waals surface area contributed by atoms with E-state index in [1.165, 1.54) is 10.8 Å². The van der Waals surface area contributed by atoms with Gasteiger partial charge in [-0.1, -0.05) is 18.2 Å². The van der Waals surface area contributed by atoms with Crippen LogP contribution in [0.3, 0.4) is 0 Å². The van der Waals surface area contributed by atoms with Gasteiger partial charge in [0, 0.05) is 18.9 Å². The zero-order valence-electron chi connectivity index (χ0n) is 9.81. The topological polar surface area (TPSA) is 74.0 Å². The van der Waals surface area contributed by atoms with Crippen molar-refractivity contribution in [1.29, 1.82) is 0 Å². The Morgan fingerprint density at radius 2 is 1.94 bits per heavy atom. The van der Waals surface area contributed by atoms with Gasteiger partial charge in [0.1, 0.15) is 0 Å². The fourth-order valence-corrected chi connectivity index (χ4v) is 1.53. The fourth-order valence-electron chi connectivity index (χ4n) is 1.53. The minimum Gasteiger partial charge on any atom is -0.593 e. The average molecular weight is 245 g/mol. The molecule has 1 amide bonds. The highest BCUT2D eigenvalue weighted by Gasteiger charge is 2.16. The van der Waals surface area contributed by atoms with Gasteiger partial charge in [-0.15, -0.1) is 0 Å². The molecule has 0 unspecified atom stereocenters. The molecule has 5 heteroatoms. The number of para-hydroxylation sites is 1. The Kier molecular flexibility index (Phi) is 3.14. The van der Waals surface area contributed by atoms with E-state index in [0.29, 0.717) is 5.69 Å². The van der Waals surface area contributed by atoms with Crippen LogP contribution in [0.5, 0.6) is 5.75 Å². The molecule has 0 radical (unpaired) electrons. The zero-order valence-corrected chi connectivity index (χ0v) is 9.81. The summed E-state index contributed by atoms with van der Waals surface area (Å²) in [4.78, 5) is 23.2. The summed E-state index contributed by atoms with van der Waals surface area (Å²) in [7, 11) is 1.54. The molecule has 0 aliphatic carbocycles. The second-order valence-corrected chi connectivity index (χ2v) is 3.87. The number of nitrogens with zero attached hydrogens (tertiary/aromatic N) is 1. The summed E-state index contributed by atoms with van der Waals surface area (Å²) < 4.78 is 1.28. The third-order valence-electron chi connectivity index (χ3n) is 2.50. The van der Waals surface area contributed by atoms with Gasteiger partial charge in [0.25, 0.3) is 17.2 Å². The Bertz CT molecular complexity index is 632. The summed E-state index contributed by atoms with van der Waals surface area (Å²) in [6.45, 7) is 0. The van der Waals surface area contributed by atoms with Gasteiger partial charge < -0.3 is 15.0 Å². The molecule has 0 saturated carbocycles. The number of hydrogen-bond donors (Lipinski definition) is 1. The molecule has 0 spiro atoms. The zero-order chi connectivity index (χ0) is 13.1. The maximum atomic E-state index is 12.0. The summed E-state index contributed by atoms with van der Waals surface area (Å²) in [6, 6.07) is 10.1. The number of hydrogen-bond acceptors (Lipinski definition) is 2. The van der Waals surface area contributed by atoms with E-state index in [0.717, 1.165) is 6.07 Å². The van der Waals surface area contributed by atoms with Crippen molar-refractivity contribution < 1.29 is 9.90 Å². The predicted octanol–water partition coefficient (Wildman–Crippen LogP) is 1.08. The van der Waals surface area contributed by atoms with Crippen LogP contribution in [0, 0.1) is 0 Å². The van der Waals surface area contributed by atoms with Gasteiger partial charge in [-0.3, -0.25) is 9.59 Å². The quantitative estimate of drug-likeness (QED) is 0.804. The first-order valence-electron chi connectivity index (χ1n) is 5.36. The third kappa shape index (κ3) is 2.40. The molecule has 0 saturated heterocycles. The third-order valence-corrected chi connectivity index (χ3v) is 2.50. The lowest BCUT2D eigenvalue weighted by Crippen LogP contribution is -2.20. The molecule has 0 atom stereocenters. The van der Waals surface area contributed by atoms with Crippen LogP contribution in [-0.4, -0.2) is 15.6 Å². The molecule has 92 valence electrons. The van der Waals surface area contributed by atoms with Crippen LogP contribution in [0.4, 0.5) is 5.69 Å². The number of carbonyl (C=O) groups is 1. The van der Waals surface area contributed by atoms with Crippen molar-refractivity contribution in [2.45, 2.75) is 0 Å². The predicted molar refractivity (Wildman–Crippen MR) is 69.1 cm³/mol. The number of rotatable bonds is 2. The van der Waals surface area contributed by atoms with Crippen LogP contribution < -0.4 is 10.9 Å². The lowest BCUT2D eigenvalue weighted by atomic mass is 10.2. The second-order valence-electron chi connectivity index (χ2n) is 3.87. The molecule has 1 heterocycles. The lowest BCUT2D eigenvalue weighted by molar-refractivity contribution is 0.102. The van der Waals surface area contributed by atoms with E-state index in [4.69, 9.17) is 5.11 Å². The molecule has 0 bridgehead atoms. The fraction of sp³-hybridized carbons (Fsp3) is 0.0769. The van der Waals surface area contributed by atoms with Crippen molar-refractivity contribution in [2.24, 2.45) is 7.05 Å². The highest BCUT2D eigenvalue weighted by atomic mass is 16.3. The normalized spacial score (nSPS) is 10.1. The molecule has 3 N–H and O–H groups in total. The number of aryl methyl sites for hydroxylation is 1. The van der Waals surface area contributed by atoms with Gasteiger partial charge in [0.05, 0.1) is 6.07 Å². The van der Waals surface area contributed by atoms with Gasteiger partial charge in [-0.05, 0) is 12.1 Å². The number of aromatic nitrogens is 1. The molecule has 0 aliphatic rings. The summed E-state index contributed by atoms with van der Waals surface area (Å²) >= 11 is 0. The Balaban J connectivity index is 2.30. The summed E-state index contributed by atoms with van der Waals surface area (Å²) in [6.07, 6.45) is 1.36.